The summed E-state index contributed by atoms with van der Waals surface area (Å²) in [5.41, 5.74) is 0.835. The fraction of sp³-hybridized carbons (Fsp3) is 0.118. The van der Waals surface area contributed by atoms with Gasteiger partial charge in [0.25, 0.3) is 5.91 Å². The highest BCUT2D eigenvalue weighted by Gasteiger charge is 2.08. The summed E-state index contributed by atoms with van der Waals surface area (Å²) in [7, 11) is 0. The summed E-state index contributed by atoms with van der Waals surface area (Å²) < 4.78 is 28.6. The van der Waals surface area contributed by atoms with Gasteiger partial charge >= 0.3 is 0 Å². The number of halogens is 1. The molecule has 118 valence electrons. The molecule has 3 aromatic rings. The number of carbonyl (C=O) groups is 1. The van der Waals surface area contributed by atoms with Gasteiger partial charge in [0.15, 0.2) is 6.61 Å². The van der Waals surface area contributed by atoms with Gasteiger partial charge in [-0.1, -0.05) is 0 Å². The molecular weight excluding hydrogens is 301 g/mol. The Morgan fingerprint density at radius 1 is 1.13 bits per heavy atom. The highest BCUT2D eigenvalue weighted by molar-refractivity contribution is 5.77. The Morgan fingerprint density at radius 2 is 1.96 bits per heavy atom. The third kappa shape index (κ3) is 4.00. The zero-order valence-corrected chi connectivity index (χ0v) is 12.1. The maximum Gasteiger partial charge on any atom is 0.258 e. The van der Waals surface area contributed by atoms with E-state index in [0.717, 1.165) is 5.56 Å². The molecule has 0 bridgehead atoms. The number of rotatable bonds is 6. The molecule has 1 N–H and O–H groups in total. The molecule has 0 aliphatic rings. The van der Waals surface area contributed by atoms with Crippen LogP contribution in [0, 0.1) is 5.82 Å². The molecule has 0 atom stereocenters. The molecular formula is C17H14FNO4. The second-order valence-corrected chi connectivity index (χ2v) is 4.80. The molecule has 3 rings (SSSR count). The van der Waals surface area contributed by atoms with Gasteiger partial charge in [0.05, 0.1) is 18.4 Å². The molecule has 0 saturated carbocycles. The predicted octanol–water partition coefficient (Wildman–Crippen LogP) is 3.37. The van der Waals surface area contributed by atoms with E-state index in [1.807, 2.05) is 0 Å². The van der Waals surface area contributed by atoms with Crippen LogP contribution in [0.4, 0.5) is 4.39 Å². The molecule has 1 aromatic carbocycles. The fourth-order valence-electron chi connectivity index (χ4n) is 1.95. The maximum atomic E-state index is 12.7. The maximum absolute atomic E-state index is 12.7. The molecule has 0 aliphatic carbocycles. The summed E-state index contributed by atoms with van der Waals surface area (Å²) in [5, 5.41) is 2.68. The van der Waals surface area contributed by atoms with Gasteiger partial charge in [-0.3, -0.25) is 4.79 Å². The van der Waals surface area contributed by atoms with E-state index in [-0.39, 0.29) is 24.9 Å². The van der Waals surface area contributed by atoms with Crippen LogP contribution in [-0.4, -0.2) is 12.5 Å². The number of ether oxygens (including phenoxy) is 1. The second kappa shape index (κ2) is 6.83. The normalized spacial score (nSPS) is 10.5. The van der Waals surface area contributed by atoms with Crippen molar-refractivity contribution < 1.29 is 22.8 Å². The van der Waals surface area contributed by atoms with Gasteiger partial charge in [0.1, 0.15) is 29.4 Å². The van der Waals surface area contributed by atoms with Crippen molar-refractivity contribution in [1.29, 1.82) is 0 Å². The molecule has 6 heteroatoms. The van der Waals surface area contributed by atoms with E-state index in [1.54, 1.807) is 30.7 Å². The topological polar surface area (TPSA) is 64.6 Å². The largest absolute Gasteiger partial charge is 0.484 e. The van der Waals surface area contributed by atoms with Gasteiger partial charge in [0, 0.05) is 0 Å². The second-order valence-electron chi connectivity index (χ2n) is 4.80. The summed E-state index contributed by atoms with van der Waals surface area (Å²) >= 11 is 0. The Labute approximate surface area is 131 Å². The predicted molar refractivity (Wildman–Crippen MR) is 80.2 cm³/mol. The average Bonchev–Trinajstić information content (AvgIpc) is 3.23. The summed E-state index contributed by atoms with van der Waals surface area (Å²) in [6, 6.07) is 10.8. The number of furan rings is 2. The van der Waals surface area contributed by atoms with E-state index in [4.69, 9.17) is 13.6 Å². The lowest BCUT2D eigenvalue weighted by atomic mass is 10.3. The third-order valence-electron chi connectivity index (χ3n) is 3.11. The number of carbonyl (C=O) groups excluding carboxylic acids is 1. The van der Waals surface area contributed by atoms with E-state index < -0.39 is 0 Å². The van der Waals surface area contributed by atoms with Crippen LogP contribution in [0.5, 0.6) is 5.75 Å². The standard InChI is InChI=1S/C17H14FNO4/c18-13-1-3-14(4-2-13)22-11-17(20)19-9-15-5-6-16(23-15)12-7-8-21-10-12/h1-8,10H,9,11H2,(H,19,20). The molecule has 23 heavy (non-hydrogen) atoms. The molecule has 2 heterocycles. The summed E-state index contributed by atoms with van der Waals surface area (Å²) in [4.78, 5) is 11.7. The van der Waals surface area contributed by atoms with E-state index in [9.17, 15) is 9.18 Å². The van der Waals surface area contributed by atoms with Crippen molar-refractivity contribution in [3.8, 4) is 17.1 Å². The van der Waals surface area contributed by atoms with E-state index >= 15 is 0 Å². The van der Waals surface area contributed by atoms with E-state index in [1.165, 1.54) is 24.3 Å². The Bertz CT molecular complexity index is 762. The molecule has 0 radical (unpaired) electrons. The number of hydrogen-bond donors (Lipinski definition) is 1. The first-order valence-electron chi connectivity index (χ1n) is 6.97. The lowest BCUT2D eigenvalue weighted by molar-refractivity contribution is -0.123. The van der Waals surface area contributed by atoms with Crippen LogP contribution in [0.1, 0.15) is 5.76 Å². The first-order chi connectivity index (χ1) is 11.2. The van der Waals surface area contributed by atoms with Crippen molar-refractivity contribution in [1.82, 2.24) is 5.32 Å². The van der Waals surface area contributed by atoms with Gasteiger partial charge in [-0.05, 0) is 42.5 Å². The lowest BCUT2D eigenvalue weighted by Crippen LogP contribution is -2.28. The molecule has 0 aliphatic heterocycles. The van der Waals surface area contributed by atoms with Crippen LogP contribution >= 0.6 is 0 Å². The monoisotopic (exact) mass is 315 g/mol. The fourth-order valence-corrected chi connectivity index (χ4v) is 1.95. The van der Waals surface area contributed by atoms with Crippen molar-refractivity contribution in [2.75, 3.05) is 6.61 Å². The zero-order chi connectivity index (χ0) is 16.1. The highest BCUT2D eigenvalue weighted by atomic mass is 19.1. The average molecular weight is 315 g/mol. The quantitative estimate of drug-likeness (QED) is 0.757. The summed E-state index contributed by atoms with van der Waals surface area (Å²) in [5.74, 6) is 1.08. The van der Waals surface area contributed by atoms with E-state index in [2.05, 4.69) is 5.32 Å². The minimum absolute atomic E-state index is 0.152. The van der Waals surface area contributed by atoms with Crippen molar-refractivity contribution in [3.05, 3.63) is 66.6 Å². The molecule has 0 unspecified atom stereocenters. The van der Waals surface area contributed by atoms with Crippen molar-refractivity contribution in [2.24, 2.45) is 0 Å². The molecule has 0 saturated heterocycles. The Morgan fingerprint density at radius 3 is 2.70 bits per heavy atom. The lowest BCUT2D eigenvalue weighted by Gasteiger charge is -2.06. The smallest absolute Gasteiger partial charge is 0.258 e. The minimum Gasteiger partial charge on any atom is -0.484 e. The van der Waals surface area contributed by atoms with Crippen LogP contribution in [0.15, 0.2) is 63.8 Å². The number of hydrogen-bond acceptors (Lipinski definition) is 4. The summed E-state index contributed by atoms with van der Waals surface area (Å²) in [6.07, 6.45) is 3.14. The molecule has 0 fully saturated rings. The SMILES string of the molecule is O=C(COc1ccc(F)cc1)NCc1ccc(-c2ccoc2)o1. The van der Waals surface area contributed by atoms with E-state index in [0.29, 0.717) is 17.3 Å². The summed E-state index contributed by atoms with van der Waals surface area (Å²) in [6.45, 7) is 0.102. The molecule has 1 amide bonds. The molecule has 5 nitrogen and oxygen atoms in total. The van der Waals surface area contributed by atoms with Crippen LogP contribution in [0.3, 0.4) is 0 Å². The van der Waals surface area contributed by atoms with Crippen LogP contribution in [-0.2, 0) is 11.3 Å². The molecule has 2 aromatic heterocycles. The first-order valence-corrected chi connectivity index (χ1v) is 6.97. The Balaban J connectivity index is 1.46. The van der Waals surface area contributed by atoms with Gasteiger partial charge < -0.3 is 18.9 Å². The first kappa shape index (κ1) is 14.9. The van der Waals surface area contributed by atoms with Gasteiger partial charge in [-0.25, -0.2) is 4.39 Å². The highest BCUT2D eigenvalue weighted by Crippen LogP contribution is 2.22. The number of nitrogens with one attached hydrogen (secondary N) is 1. The van der Waals surface area contributed by atoms with Gasteiger partial charge in [0.2, 0.25) is 0 Å². The Kier molecular flexibility index (Phi) is 4.42. The number of benzene rings is 1. The Hall–Kier alpha value is -3.02. The molecule has 0 spiro atoms. The number of amides is 1. The van der Waals surface area contributed by atoms with Crippen LogP contribution in [0.25, 0.3) is 11.3 Å². The minimum atomic E-state index is -0.354. The van der Waals surface area contributed by atoms with Crippen molar-refractivity contribution in [3.63, 3.8) is 0 Å². The van der Waals surface area contributed by atoms with Crippen molar-refractivity contribution in [2.45, 2.75) is 6.54 Å². The van der Waals surface area contributed by atoms with Crippen molar-refractivity contribution >= 4 is 5.91 Å². The zero-order valence-electron chi connectivity index (χ0n) is 12.1. The van der Waals surface area contributed by atoms with Gasteiger partial charge in [-0.2, -0.15) is 0 Å². The third-order valence-corrected chi connectivity index (χ3v) is 3.11. The van der Waals surface area contributed by atoms with Gasteiger partial charge in [-0.15, -0.1) is 0 Å². The van der Waals surface area contributed by atoms with Crippen LogP contribution < -0.4 is 10.1 Å². The van der Waals surface area contributed by atoms with Crippen LogP contribution in [0.2, 0.25) is 0 Å².